The van der Waals surface area contributed by atoms with E-state index in [4.69, 9.17) is 0 Å². The molecule has 0 fully saturated rings. The molecule has 7 nitrogen and oxygen atoms in total. The molecule has 38 heavy (non-hydrogen) atoms. The Morgan fingerprint density at radius 2 is 1.47 bits per heavy atom. The summed E-state index contributed by atoms with van der Waals surface area (Å²) in [6.45, 7) is 0.931. The topological polar surface area (TPSA) is 101 Å². The van der Waals surface area contributed by atoms with Gasteiger partial charge in [-0.25, -0.2) is 0 Å². The number of nitro groups is 1. The third-order valence-corrected chi connectivity index (χ3v) is 7.17. The maximum absolute atomic E-state index is 13.1. The Bertz CT molecular complexity index is 1470. The normalized spacial score (nSPS) is 14.3. The maximum Gasteiger partial charge on any atom is 0.311 e. The summed E-state index contributed by atoms with van der Waals surface area (Å²) >= 11 is 0. The molecule has 7 heteroatoms. The molecule has 4 aromatic carbocycles. The fourth-order valence-electron chi connectivity index (χ4n) is 5.36. The Labute approximate surface area is 220 Å². The van der Waals surface area contributed by atoms with Gasteiger partial charge in [-0.1, -0.05) is 78.9 Å². The molecule has 190 valence electrons. The highest BCUT2D eigenvalue weighted by atomic mass is 16.6. The number of carbonyl (C=O) groups is 2. The Morgan fingerprint density at radius 1 is 0.816 bits per heavy atom. The van der Waals surface area contributed by atoms with Crippen molar-refractivity contribution in [2.75, 3.05) is 6.54 Å². The highest BCUT2D eigenvalue weighted by Gasteiger charge is 2.35. The van der Waals surface area contributed by atoms with E-state index in [1.807, 2.05) is 59.5 Å². The molecule has 1 N–H and O–H groups in total. The molecule has 5 rings (SSSR count). The van der Waals surface area contributed by atoms with Crippen LogP contribution in [0.2, 0.25) is 0 Å². The van der Waals surface area contributed by atoms with Gasteiger partial charge >= 0.3 is 5.97 Å². The second-order valence-corrected chi connectivity index (χ2v) is 9.38. The lowest BCUT2D eigenvalue weighted by Crippen LogP contribution is -2.36. The number of carbonyl (C=O) groups excluding carboxylic acids is 1. The molecule has 2 atom stereocenters. The van der Waals surface area contributed by atoms with E-state index in [9.17, 15) is 24.8 Å². The Morgan fingerprint density at radius 3 is 2.11 bits per heavy atom. The van der Waals surface area contributed by atoms with Crippen molar-refractivity contribution in [2.24, 2.45) is 0 Å². The first-order valence-electron chi connectivity index (χ1n) is 12.4. The molecule has 0 saturated carbocycles. The Kier molecular flexibility index (Phi) is 7.00. The van der Waals surface area contributed by atoms with Crippen LogP contribution in [0.15, 0.2) is 103 Å². The lowest BCUT2D eigenvalue weighted by atomic mass is 9.74. The van der Waals surface area contributed by atoms with Gasteiger partial charge in [0.1, 0.15) is 0 Å². The van der Waals surface area contributed by atoms with Crippen LogP contribution in [-0.4, -0.2) is 33.4 Å². The molecule has 1 aliphatic rings. The van der Waals surface area contributed by atoms with Crippen molar-refractivity contribution in [2.45, 2.75) is 24.8 Å². The highest BCUT2D eigenvalue weighted by Crippen LogP contribution is 2.42. The summed E-state index contributed by atoms with van der Waals surface area (Å²) in [6.07, 6.45) is 0.578. The molecule has 0 aromatic heterocycles. The number of rotatable bonds is 7. The second kappa shape index (κ2) is 10.7. The van der Waals surface area contributed by atoms with Crippen molar-refractivity contribution in [3.05, 3.63) is 147 Å². The lowest BCUT2D eigenvalue weighted by Gasteiger charge is -2.33. The van der Waals surface area contributed by atoms with Gasteiger partial charge in [-0.05, 0) is 46.4 Å². The average molecular weight is 507 g/mol. The number of fused-ring (bicyclic) bond motifs is 1. The van der Waals surface area contributed by atoms with E-state index in [2.05, 4.69) is 0 Å². The van der Waals surface area contributed by atoms with Gasteiger partial charge in [0.25, 0.3) is 11.6 Å². The van der Waals surface area contributed by atoms with Crippen LogP contribution in [0.25, 0.3) is 0 Å². The van der Waals surface area contributed by atoms with Crippen LogP contribution in [0.3, 0.4) is 0 Å². The van der Waals surface area contributed by atoms with Crippen LogP contribution in [0.1, 0.15) is 50.0 Å². The lowest BCUT2D eigenvalue weighted by molar-refractivity contribution is -0.384. The van der Waals surface area contributed by atoms with Crippen molar-refractivity contribution < 1.29 is 19.6 Å². The standard InChI is InChI=1S/C31H26N2O5/c34-30(23-10-5-2-6-11-23)32-19-18-26-24(20-32)12-7-13-27(26)28(22-14-16-25(17-15-22)33(37)38)29(31(35)36)21-8-3-1-4-9-21/h1-17,28-29H,18-20H2,(H,35,36). The van der Waals surface area contributed by atoms with Crippen LogP contribution in [0, 0.1) is 10.1 Å². The monoisotopic (exact) mass is 506 g/mol. The van der Waals surface area contributed by atoms with Crippen molar-refractivity contribution in [3.8, 4) is 0 Å². The number of aliphatic carboxylic acids is 1. The smallest absolute Gasteiger partial charge is 0.311 e. The average Bonchev–Trinajstić information content (AvgIpc) is 2.95. The first-order chi connectivity index (χ1) is 18.4. The van der Waals surface area contributed by atoms with Gasteiger partial charge in [-0.15, -0.1) is 0 Å². The first kappa shape index (κ1) is 24.9. The number of carboxylic acid groups (broad SMARTS) is 1. The zero-order valence-corrected chi connectivity index (χ0v) is 20.6. The van der Waals surface area contributed by atoms with Crippen LogP contribution in [-0.2, 0) is 17.8 Å². The van der Waals surface area contributed by atoms with E-state index in [-0.39, 0.29) is 11.6 Å². The molecule has 0 saturated heterocycles. The first-order valence-corrected chi connectivity index (χ1v) is 12.4. The van der Waals surface area contributed by atoms with E-state index in [1.54, 1.807) is 36.4 Å². The number of hydrogen-bond acceptors (Lipinski definition) is 4. The minimum Gasteiger partial charge on any atom is -0.481 e. The van der Waals surface area contributed by atoms with Gasteiger partial charge in [0.2, 0.25) is 0 Å². The minimum atomic E-state index is -0.978. The van der Waals surface area contributed by atoms with E-state index in [1.165, 1.54) is 12.1 Å². The van der Waals surface area contributed by atoms with Crippen molar-refractivity contribution in [1.82, 2.24) is 4.90 Å². The third kappa shape index (κ3) is 4.91. The zero-order valence-electron chi connectivity index (χ0n) is 20.6. The van der Waals surface area contributed by atoms with Crippen LogP contribution in [0.5, 0.6) is 0 Å². The number of amides is 1. The minimum absolute atomic E-state index is 0.0405. The van der Waals surface area contributed by atoms with Crippen LogP contribution >= 0.6 is 0 Å². The molecule has 1 heterocycles. The summed E-state index contributed by atoms with van der Waals surface area (Å²) in [5, 5.41) is 21.7. The van der Waals surface area contributed by atoms with E-state index < -0.39 is 22.7 Å². The molecule has 0 spiro atoms. The summed E-state index contributed by atoms with van der Waals surface area (Å²) < 4.78 is 0. The van der Waals surface area contributed by atoms with E-state index >= 15 is 0 Å². The van der Waals surface area contributed by atoms with Crippen LogP contribution < -0.4 is 0 Å². The summed E-state index contributed by atoms with van der Waals surface area (Å²) in [7, 11) is 0. The van der Waals surface area contributed by atoms with Crippen LogP contribution in [0.4, 0.5) is 5.69 Å². The fourth-order valence-corrected chi connectivity index (χ4v) is 5.36. The number of non-ortho nitro benzene ring substituents is 1. The van der Waals surface area contributed by atoms with Gasteiger partial charge < -0.3 is 10.0 Å². The van der Waals surface area contributed by atoms with Crippen molar-refractivity contribution in [1.29, 1.82) is 0 Å². The van der Waals surface area contributed by atoms with Gasteiger partial charge in [0.05, 0.1) is 10.8 Å². The van der Waals surface area contributed by atoms with E-state index in [0.29, 0.717) is 36.2 Å². The van der Waals surface area contributed by atoms with Gasteiger partial charge in [0.15, 0.2) is 0 Å². The van der Waals surface area contributed by atoms with Gasteiger partial charge in [0, 0.05) is 36.7 Å². The Hall–Kier alpha value is -4.78. The molecule has 1 amide bonds. The molecule has 1 aliphatic heterocycles. The second-order valence-electron chi connectivity index (χ2n) is 9.38. The molecular weight excluding hydrogens is 480 g/mol. The Balaban J connectivity index is 1.59. The predicted molar refractivity (Wildman–Crippen MR) is 143 cm³/mol. The number of hydrogen-bond donors (Lipinski definition) is 1. The third-order valence-electron chi connectivity index (χ3n) is 7.17. The summed E-state index contributed by atoms with van der Waals surface area (Å²) in [5.74, 6) is -2.51. The number of nitrogens with zero attached hydrogens (tertiary/aromatic N) is 2. The molecule has 0 aliphatic carbocycles. The zero-order chi connectivity index (χ0) is 26.6. The molecule has 0 bridgehead atoms. The molecule has 2 unspecified atom stereocenters. The number of benzene rings is 4. The predicted octanol–water partition coefficient (Wildman–Crippen LogP) is 5.79. The number of nitro benzene ring substituents is 1. The van der Waals surface area contributed by atoms with E-state index in [0.717, 1.165) is 16.7 Å². The highest BCUT2D eigenvalue weighted by molar-refractivity contribution is 5.94. The van der Waals surface area contributed by atoms with Crippen molar-refractivity contribution in [3.63, 3.8) is 0 Å². The largest absolute Gasteiger partial charge is 0.481 e. The summed E-state index contributed by atoms with van der Waals surface area (Å²) in [5.41, 5.74) is 4.77. The van der Waals surface area contributed by atoms with Gasteiger partial charge in [-0.3, -0.25) is 19.7 Å². The maximum atomic E-state index is 13.1. The fraction of sp³-hybridized carbons (Fsp3) is 0.161. The molecule has 0 radical (unpaired) electrons. The summed E-state index contributed by atoms with van der Waals surface area (Å²) in [6, 6.07) is 30.2. The molecule has 4 aromatic rings. The van der Waals surface area contributed by atoms with Gasteiger partial charge in [-0.2, -0.15) is 0 Å². The molecular formula is C31H26N2O5. The summed E-state index contributed by atoms with van der Waals surface area (Å²) in [4.78, 5) is 38.5. The quantitative estimate of drug-likeness (QED) is 0.252. The SMILES string of the molecule is O=C(O)C(c1ccccc1)C(c1ccc([N+](=O)[O-])cc1)c1cccc2c1CCN(C(=O)c1ccccc1)C2. The number of carboxylic acids is 1. The van der Waals surface area contributed by atoms with Crippen molar-refractivity contribution >= 4 is 17.6 Å².